The van der Waals surface area contributed by atoms with E-state index in [9.17, 15) is 16.8 Å². The zero-order valence-electron chi connectivity index (χ0n) is 26.9. The van der Waals surface area contributed by atoms with Crippen molar-refractivity contribution in [2.45, 2.75) is 101 Å². The van der Waals surface area contributed by atoms with E-state index in [1.165, 1.54) is 12.8 Å². The highest BCUT2D eigenvalue weighted by Gasteiger charge is 2.22. The molecule has 0 aliphatic heterocycles. The summed E-state index contributed by atoms with van der Waals surface area (Å²) in [6, 6.07) is 19.3. The van der Waals surface area contributed by atoms with E-state index in [0.717, 1.165) is 94.5 Å². The Morgan fingerprint density at radius 1 is 0.435 bits per heavy atom. The predicted molar refractivity (Wildman–Crippen MR) is 189 cm³/mol. The summed E-state index contributed by atoms with van der Waals surface area (Å²) in [6.07, 6.45) is 12.2. The lowest BCUT2D eigenvalue weighted by Crippen LogP contribution is -2.05. The minimum atomic E-state index is -3.50. The van der Waals surface area contributed by atoms with E-state index in [2.05, 4.69) is 26.0 Å². The topological polar surface area (TPSA) is 94.6 Å². The molecule has 2 heterocycles. The highest BCUT2D eigenvalue weighted by molar-refractivity contribution is 7.91. The molecule has 0 amide bonds. The van der Waals surface area contributed by atoms with Gasteiger partial charge in [0.15, 0.2) is 0 Å². The summed E-state index contributed by atoms with van der Waals surface area (Å²) >= 11 is 0. The Kier molecular flexibility index (Phi) is 9.76. The molecular formula is C38H44O6S2. The lowest BCUT2D eigenvalue weighted by atomic mass is 9.96. The van der Waals surface area contributed by atoms with Gasteiger partial charge in [0.2, 0.25) is 29.9 Å². The molecule has 0 aliphatic rings. The lowest BCUT2D eigenvalue weighted by molar-refractivity contribution is 0.480. The number of rotatable bonds is 16. The van der Waals surface area contributed by atoms with Crippen molar-refractivity contribution < 1.29 is 25.7 Å². The molecule has 0 unspecified atom stereocenters. The van der Waals surface area contributed by atoms with Gasteiger partial charge in [0.25, 0.3) is 0 Å². The Morgan fingerprint density at radius 3 is 1.24 bits per heavy atom. The van der Waals surface area contributed by atoms with Crippen LogP contribution in [0.15, 0.2) is 79.7 Å². The Balaban J connectivity index is 1.29. The number of furan rings is 2. The van der Waals surface area contributed by atoms with Gasteiger partial charge in [-0.15, -0.1) is 0 Å². The Bertz CT molecular complexity index is 2060. The van der Waals surface area contributed by atoms with Crippen LogP contribution in [0.1, 0.15) is 90.9 Å². The van der Waals surface area contributed by atoms with Gasteiger partial charge in [-0.05, 0) is 69.4 Å². The van der Waals surface area contributed by atoms with Gasteiger partial charge in [0.1, 0.15) is 11.2 Å². The van der Waals surface area contributed by atoms with Gasteiger partial charge in [-0.2, -0.15) is 0 Å². The standard InChI is InChI=1S/C38H44O6S2/c1-3-5-7-9-11-13-19-45(39,40)37-25-29-21-33-27(23-35(29)43-37)15-17-32-31(33)18-16-28-24-36-30(22-34(28)32)26-38(44-36)46(41,42)20-14-12-10-8-6-4-2/h15-18,21-26H,3-14,19-20H2,1-2H3. The fourth-order valence-electron chi connectivity index (χ4n) is 6.55. The second kappa shape index (κ2) is 13.8. The van der Waals surface area contributed by atoms with Gasteiger partial charge in [-0.25, -0.2) is 16.8 Å². The molecule has 244 valence electrons. The van der Waals surface area contributed by atoms with Crippen LogP contribution in [-0.4, -0.2) is 28.3 Å². The van der Waals surface area contributed by atoms with Gasteiger partial charge in [0, 0.05) is 22.9 Å². The molecule has 2 aromatic heterocycles. The Labute approximate surface area is 272 Å². The Hall–Kier alpha value is -3.36. The molecule has 8 heteroatoms. The molecule has 6 nitrogen and oxygen atoms in total. The number of benzene rings is 4. The van der Waals surface area contributed by atoms with Crippen LogP contribution in [0.3, 0.4) is 0 Å². The van der Waals surface area contributed by atoms with Crippen LogP contribution < -0.4 is 0 Å². The van der Waals surface area contributed by atoms with Crippen molar-refractivity contribution in [2.75, 3.05) is 11.5 Å². The third-order valence-electron chi connectivity index (χ3n) is 9.21. The van der Waals surface area contributed by atoms with Gasteiger partial charge >= 0.3 is 0 Å². The minimum absolute atomic E-state index is 0.0331. The van der Waals surface area contributed by atoms with Crippen LogP contribution in [0, 0.1) is 0 Å². The molecule has 0 N–H and O–H groups in total. The molecule has 6 aromatic rings. The minimum Gasteiger partial charge on any atom is -0.445 e. The fourth-order valence-corrected chi connectivity index (χ4v) is 9.16. The predicted octanol–water partition coefficient (Wildman–Crippen LogP) is 10.9. The molecule has 0 saturated carbocycles. The first-order valence-electron chi connectivity index (χ1n) is 16.9. The molecule has 0 saturated heterocycles. The largest absolute Gasteiger partial charge is 0.445 e. The van der Waals surface area contributed by atoms with Gasteiger partial charge in [-0.1, -0.05) is 102 Å². The van der Waals surface area contributed by atoms with Crippen LogP contribution >= 0.6 is 0 Å². The van der Waals surface area contributed by atoms with Crippen molar-refractivity contribution in [1.29, 1.82) is 0 Å². The summed E-state index contributed by atoms with van der Waals surface area (Å²) < 4.78 is 64.1. The third-order valence-corrected chi connectivity index (χ3v) is 12.5. The van der Waals surface area contributed by atoms with Crippen molar-refractivity contribution in [1.82, 2.24) is 0 Å². The maximum absolute atomic E-state index is 13.1. The molecule has 0 atom stereocenters. The molecule has 0 radical (unpaired) electrons. The number of hydrogen-bond donors (Lipinski definition) is 0. The molecule has 4 aromatic carbocycles. The molecule has 0 spiro atoms. The second-order valence-electron chi connectivity index (χ2n) is 12.8. The first kappa shape index (κ1) is 32.6. The van der Waals surface area contributed by atoms with E-state index in [0.29, 0.717) is 24.0 Å². The first-order valence-corrected chi connectivity index (χ1v) is 20.2. The van der Waals surface area contributed by atoms with Crippen LogP contribution in [0.4, 0.5) is 0 Å². The van der Waals surface area contributed by atoms with E-state index in [1.807, 2.05) is 36.4 Å². The van der Waals surface area contributed by atoms with Gasteiger partial charge < -0.3 is 8.83 Å². The summed E-state index contributed by atoms with van der Waals surface area (Å²) in [7, 11) is -7.01. The summed E-state index contributed by atoms with van der Waals surface area (Å²) in [6.45, 7) is 4.34. The maximum Gasteiger partial charge on any atom is 0.219 e. The van der Waals surface area contributed by atoms with E-state index < -0.39 is 19.7 Å². The summed E-state index contributed by atoms with van der Waals surface area (Å²) in [5, 5.41) is 7.56. The van der Waals surface area contributed by atoms with Crippen molar-refractivity contribution in [3.05, 3.63) is 60.7 Å². The van der Waals surface area contributed by atoms with Crippen LogP contribution in [0.25, 0.3) is 54.3 Å². The van der Waals surface area contributed by atoms with E-state index in [1.54, 1.807) is 12.1 Å². The van der Waals surface area contributed by atoms with E-state index >= 15 is 0 Å². The lowest BCUT2D eigenvalue weighted by Gasteiger charge is -2.08. The number of sulfone groups is 2. The molecular weight excluding hydrogens is 617 g/mol. The van der Waals surface area contributed by atoms with Crippen molar-refractivity contribution in [2.24, 2.45) is 0 Å². The molecule has 46 heavy (non-hydrogen) atoms. The molecule has 0 aliphatic carbocycles. The third kappa shape index (κ3) is 6.84. The SMILES string of the molecule is CCCCCCCCS(=O)(=O)c1cc2cc3c(ccc4c5cc6cc(S(=O)(=O)CCCCCCCC)oc6cc5ccc34)cc2o1. The normalized spacial score (nSPS) is 12.8. The number of fused-ring (bicyclic) bond motifs is 7. The van der Waals surface area contributed by atoms with E-state index in [-0.39, 0.29) is 21.7 Å². The second-order valence-corrected chi connectivity index (χ2v) is 16.8. The average Bonchev–Trinajstić information content (AvgIpc) is 3.67. The van der Waals surface area contributed by atoms with Crippen molar-refractivity contribution in [3.63, 3.8) is 0 Å². The highest BCUT2D eigenvalue weighted by Crippen LogP contribution is 2.37. The van der Waals surface area contributed by atoms with Crippen molar-refractivity contribution in [3.8, 4) is 0 Å². The summed E-state index contributed by atoms with van der Waals surface area (Å²) in [5.74, 6) is 0.190. The average molecular weight is 661 g/mol. The summed E-state index contributed by atoms with van der Waals surface area (Å²) in [4.78, 5) is 0. The first-order chi connectivity index (χ1) is 22.2. The van der Waals surface area contributed by atoms with Crippen LogP contribution in [0.2, 0.25) is 0 Å². The summed E-state index contributed by atoms with van der Waals surface area (Å²) in [5.41, 5.74) is 1.12. The van der Waals surface area contributed by atoms with Gasteiger partial charge in [-0.3, -0.25) is 0 Å². The number of hydrogen-bond acceptors (Lipinski definition) is 6. The molecule has 6 rings (SSSR count). The fraction of sp³-hybridized carbons (Fsp3) is 0.421. The van der Waals surface area contributed by atoms with Crippen molar-refractivity contribution >= 4 is 73.9 Å². The zero-order chi connectivity index (χ0) is 32.3. The Morgan fingerprint density at radius 2 is 0.826 bits per heavy atom. The van der Waals surface area contributed by atoms with Gasteiger partial charge in [0.05, 0.1) is 11.5 Å². The smallest absolute Gasteiger partial charge is 0.219 e. The molecule has 0 bridgehead atoms. The quantitative estimate of drug-likeness (QED) is 0.0757. The van der Waals surface area contributed by atoms with E-state index in [4.69, 9.17) is 8.83 Å². The highest BCUT2D eigenvalue weighted by atomic mass is 32.2. The number of unbranched alkanes of at least 4 members (excludes halogenated alkanes) is 10. The monoisotopic (exact) mass is 660 g/mol. The van der Waals surface area contributed by atoms with Crippen LogP contribution in [-0.2, 0) is 19.7 Å². The maximum atomic E-state index is 13.1. The molecule has 0 fully saturated rings. The zero-order valence-corrected chi connectivity index (χ0v) is 28.6. The van der Waals surface area contributed by atoms with Crippen LogP contribution in [0.5, 0.6) is 0 Å².